The monoisotopic (exact) mass is 240 g/mol. The smallest absolute Gasteiger partial charge is 0.319 e. The molecular formula is C10H16N4O3. The van der Waals surface area contributed by atoms with Gasteiger partial charge >= 0.3 is 12.0 Å². The molecule has 0 aliphatic rings. The average molecular weight is 240 g/mol. The minimum atomic E-state index is -0.915. The molecule has 0 fully saturated rings. The number of aliphatic carboxylic acids is 1. The third-order valence-corrected chi connectivity index (χ3v) is 2.29. The van der Waals surface area contributed by atoms with Crippen molar-refractivity contribution in [2.75, 3.05) is 20.6 Å². The molecule has 0 atom stereocenters. The van der Waals surface area contributed by atoms with Crippen molar-refractivity contribution in [2.45, 2.75) is 13.0 Å². The van der Waals surface area contributed by atoms with Crippen molar-refractivity contribution in [1.82, 2.24) is 20.0 Å². The van der Waals surface area contributed by atoms with E-state index in [0.29, 0.717) is 6.54 Å². The van der Waals surface area contributed by atoms with Gasteiger partial charge in [0.1, 0.15) is 0 Å². The lowest BCUT2D eigenvalue weighted by Crippen LogP contribution is -2.39. The molecule has 2 N–H and O–H groups in total. The number of carbonyl (C=O) groups is 2. The summed E-state index contributed by atoms with van der Waals surface area (Å²) >= 11 is 0. The van der Waals surface area contributed by atoms with E-state index in [4.69, 9.17) is 5.11 Å². The van der Waals surface area contributed by atoms with Gasteiger partial charge in [-0.3, -0.25) is 9.89 Å². The van der Waals surface area contributed by atoms with Crippen LogP contribution in [0, 0.1) is 0 Å². The largest absolute Gasteiger partial charge is 0.481 e. The van der Waals surface area contributed by atoms with Crippen molar-refractivity contribution in [3.8, 4) is 0 Å². The van der Waals surface area contributed by atoms with E-state index >= 15 is 0 Å². The fourth-order valence-corrected chi connectivity index (χ4v) is 1.36. The molecule has 0 unspecified atom stereocenters. The van der Waals surface area contributed by atoms with Gasteiger partial charge in [-0.1, -0.05) is 0 Å². The first-order chi connectivity index (χ1) is 8.00. The van der Waals surface area contributed by atoms with Crippen LogP contribution < -0.4 is 0 Å². The van der Waals surface area contributed by atoms with E-state index in [0.717, 1.165) is 5.56 Å². The molecule has 17 heavy (non-hydrogen) atoms. The summed E-state index contributed by atoms with van der Waals surface area (Å²) in [6.07, 6.45) is 3.30. The third-order valence-electron chi connectivity index (χ3n) is 2.29. The lowest BCUT2D eigenvalue weighted by molar-refractivity contribution is -0.137. The quantitative estimate of drug-likeness (QED) is 0.778. The molecule has 94 valence electrons. The van der Waals surface area contributed by atoms with Crippen LogP contribution in [0.15, 0.2) is 12.4 Å². The lowest BCUT2D eigenvalue weighted by Gasteiger charge is -2.24. The summed E-state index contributed by atoms with van der Waals surface area (Å²) in [7, 11) is 3.24. The number of rotatable bonds is 5. The van der Waals surface area contributed by atoms with Crippen molar-refractivity contribution in [1.29, 1.82) is 0 Å². The lowest BCUT2D eigenvalue weighted by atomic mass is 10.3. The number of carboxylic acid groups (broad SMARTS) is 1. The van der Waals surface area contributed by atoms with Crippen molar-refractivity contribution >= 4 is 12.0 Å². The molecule has 1 heterocycles. The van der Waals surface area contributed by atoms with Crippen molar-refractivity contribution in [3.05, 3.63) is 18.0 Å². The molecule has 0 saturated carbocycles. The minimum absolute atomic E-state index is 0.0538. The van der Waals surface area contributed by atoms with Gasteiger partial charge in [-0.25, -0.2) is 4.79 Å². The highest BCUT2D eigenvalue weighted by Crippen LogP contribution is 2.03. The number of hydrogen-bond acceptors (Lipinski definition) is 3. The van der Waals surface area contributed by atoms with E-state index in [9.17, 15) is 9.59 Å². The van der Waals surface area contributed by atoms with Crippen LogP contribution in [0.25, 0.3) is 0 Å². The Kier molecular flexibility index (Phi) is 4.50. The van der Waals surface area contributed by atoms with Crippen LogP contribution in [0.3, 0.4) is 0 Å². The highest BCUT2D eigenvalue weighted by molar-refractivity contribution is 5.75. The first kappa shape index (κ1) is 13.0. The summed E-state index contributed by atoms with van der Waals surface area (Å²) in [5.41, 5.74) is 0.896. The molecule has 0 saturated heterocycles. The van der Waals surface area contributed by atoms with Crippen LogP contribution in [0.5, 0.6) is 0 Å². The molecule has 0 spiro atoms. The van der Waals surface area contributed by atoms with Gasteiger partial charge in [-0.05, 0) is 0 Å². The van der Waals surface area contributed by atoms with E-state index in [1.807, 2.05) is 0 Å². The van der Waals surface area contributed by atoms with E-state index < -0.39 is 5.97 Å². The Labute approximate surface area is 99.0 Å². The van der Waals surface area contributed by atoms with Gasteiger partial charge in [0.2, 0.25) is 0 Å². The SMILES string of the molecule is CN(CCC(=O)O)C(=O)N(C)Cc1cn[nH]c1. The molecule has 0 aliphatic carbocycles. The number of nitrogens with one attached hydrogen (secondary N) is 1. The summed E-state index contributed by atoms with van der Waals surface area (Å²) in [6.45, 7) is 0.636. The van der Waals surface area contributed by atoms with Gasteiger partial charge in [0.15, 0.2) is 0 Å². The number of carbonyl (C=O) groups excluding carboxylic acids is 1. The van der Waals surface area contributed by atoms with Crippen molar-refractivity contribution < 1.29 is 14.7 Å². The zero-order valence-corrected chi connectivity index (χ0v) is 9.88. The number of amides is 2. The van der Waals surface area contributed by atoms with Crippen LogP contribution in [0.1, 0.15) is 12.0 Å². The predicted molar refractivity (Wildman–Crippen MR) is 60.3 cm³/mol. The van der Waals surface area contributed by atoms with Gasteiger partial charge in [-0.15, -0.1) is 0 Å². The number of aromatic amines is 1. The van der Waals surface area contributed by atoms with Crippen LogP contribution in [0.4, 0.5) is 4.79 Å². The Morgan fingerprint density at radius 2 is 2.12 bits per heavy atom. The zero-order chi connectivity index (χ0) is 12.8. The minimum Gasteiger partial charge on any atom is -0.481 e. The molecule has 7 heteroatoms. The fraction of sp³-hybridized carbons (Fsp3) is 0.500. The molecule has 2 amide bonds. The van der Waals surface area contributed by atoms with Gasteiger partial charge < -0.3 is 14.9 Å². The normalized spacial score (nSPS) is 10.0. The second kappa shape index (κ2) is 5.88. The fourth-order valence-electron chi connectivity index (χ4n) is 1.36. The molecule has 7 nitrogen and oxygen atoms in total. The maximum Gasteiger partial charge on any atom is 0.319 e. The zero-order valence-electron chi connectivity index (χ0n) is 9.88. The van der Waals surface area contributed by atoms with Crippen molar-refractivity contribution in [2.24, 2.45) is 0 Å². The maximum atomic E-state index is 11.8. The molecule has 0 radical (unpaired) electrons. The maximum absolute atomic E-state index is 11.8. The number of H-pyrrole nitrogens is 1. The van der Waals surface area contributed by atoms with Gasteiger partial charge in [0.25, 0.3) is 0 Å². The number of carboxylic acids is 1. The summed E-state index contributed by atoms with van der Waals surface area (Å²) in [5, 5.41) is 15.0. The first-order valence-electron chi connectivity index (χ1n) is 5.16. The average Bonchev–Trinajstić information content (AvgIpc) is 2.77. The molecule has 1 aromatic heterocycles. The highest BCUT2D eigenvalue weighted by Gasteiger charge is 2.15. The van der Waals surface area contributed by atoms with Crippen LogP contribution in [0.2, 0.25) is 0 Å². The van der Waals surface area contributed by atoms with Crippen LogP contribution in [-0.2, 0) is 11.3 Å². The van der Waals surface area contributed by atoms with E-state index in [-0.39, 0.29) is 19.0 Å². The van der Waals surface area contributed by atoms with Gasteiger partial charge in [0.05, 0.1) is 19.2 Å². The number of urea groups is 1. The summed E-state index contributed by atoms with van der Waals surface area (Å²) < 4.78 is 0. The van der Waals surface area contributed by atoms with Gasteiger partial charge in [-0.2, -0.15) is 5.10 Å². The Morgan fingerprint density at radius 1 is 1.41 bits per heavy atom. The highest BCUT2D eigenvalue weighted by atomic mass is 16.4. The Morgan fingerprint density at radius 3 is 2.65 bits per heavy atom. The molecule has 1 aromatic rings. The Hall–Kier alpha value is -2.05. The predicted octanol–water partition coefficient (Wildman–Crippen LogP) is 0.368. The molecule has 1 rings (SSSR count). The van der Waals surface area contributed by atoms with Crippen LogP contribution >= 0.6 is 0 Å². The third kappa shape index (κ3) is 4.13. The summed E-state index contributed by atoms with van der Waals surface area (Å²) in [4.78, 5) is 25.1. The summed E-state index contributed by atoms with van der Waals surface area (Å²) in [6, 6.07) is -0.215. The second-order valence-electron chi connectivity index (χ2n) is 3.81. The molecule has 0 aromatic carbocycles. The molecule has 0 aliphatic heterocycles. The molecule has 0 bridgehead atoms. The topological polar surface area (TPSA) is 89.5 Å². The summed E-state index contributed by atoms with van der Waals surface area (Å²) in [5.74, 6) is -0.915. The number of hydrogen-bond donors (Lipinski definition) is 2. The van der Waals surface area contributed by atoms with E-state index in [1.165, 1.54) is 9.80 Å². The van der Waals surface area contributed by atoms with Crippen molar-refractivity contribution in [3.63, 3.8) is 0 Å². The second-order valence-corrected chi connectivity index (χ2v) is 3.81. The number of nitrogens with zero attached hydrogens (tertiary/aromatic N) is 3. The Bertz CT molecular complexity index is 377. The Balaban J connectivity index is 2.42. The number of aromatic nitrogens is 2. The van der Waals surface area contributed by atoms with Gasteiger partial charge in [0, 0.05) is 32.4 Å². The van der Waals surface area contributed by atoms with E-state index in [2.05, 4.69) is 10.2 Å². The molecular weight excluding hydrogens is 224 g/mol. The van der Waals surface area contributed by atoms with E-state index in [1.54, 1.807) is 26.5 Å². The van der Waals surface area contributed by atoms with Crippen LogP contribution in [-0.4, -0.2) is 57.7 Å². The standard InChI is InChI=1S/C10H16N4O3/c1-13(4-3-9(15)16)10(17)14(2)7-8-5-11-12-6-8/h5-6H,3-4,7H2,1-2H3,(H,11,12)(H,15,16). The first-order valence-corrected chi connectivity index (χ1v) is 5.16.